The van der Waals surface area contributed by atoms with Gasteiger partial charge < -0.3 is 11.1 Å². The van der Waals surface area contributed by atoms with Gasteiger partial charge in [0.2, 0.25) is 0 Å². The molecule has 0 saturated heterocycles. The molecule has 2 aromatic rings. The van der Waals surface area contributed by atoms with E-state index in [1.165, 1.54) is 0 Å². The Hall–Kier alpha value is -1.88. The molecular formula is C13H12BrN3O. The number of hydrogen-bond donors (Lipinski definition) is 2. The molecule has 1 amide bonds. The van der Waals surface area contributed by atoms with Crippen LogP contribution < -0.4 is 11.1 Å². The summed E-state index contributed by atoms with van der Waals surface area (Å²) in [5, 5.41) is 2.79. The fourth-order valence-corrected chi connectivity index (χ4v) is 1.93. The van der Waals surface area contributed by atoms with Crippen LogP contribution in [-0.4, -0.2) is 10.9 Å². The Bertz CT molecular complexity index is 599. The summed E-state index contributed by atoms with van der Waals surface area (Å²) in [4.78, 5) is 16.2. The lowest BCUT2D eigenvalue weighted by Gasteiger charge is -2.09. The van der Waals surface area contributed by atoms with Crippen molar-refractivity contribution in [3.05, 3.63) is 52.3 Å². The third kappa shape index (κ3) is 2.68. The Labute approximate surface area is 113 Å². The van der Waals surface area contributed by atoms with Gasteiger partial charge in [0.1, 0.15) is 0 Å². The maximum Gasteiger partial charge on any atom is 0.257 e. The Morgan fingerprint density at radius 3 is 2.83 bits per heavy atom. The van der Waals surface area contributed by atoms with Gasteiger partial charge in [-0.05, 0) is 37.3 Å². The van der Waals surface area contributed by atoms with E-state index in [9.17, 15) is 4.79 Å². The Morgan fingerprint density at radius 1 is 1.39 bits per heavy atom. The molecule has 4 nitrogen and oxygen atoms in total. The molecule has 2 rings (SSSR count). The molecule has 1 aromatic heterocycles. The van der Waals surface area contributed by atoms with Crippen LogP contribution in [0.25, 0.3) is 0 Å². The van der Waals surface area contributed by atoms with Crippen LogP contribution in [0.5, 0.6) is 0 Å². The van der Waals surface area contributed by atoms with Crippen LogP contribution in [0.2, 0.25) is 0 Å². The van der Waals surface area contributed by atoms with Crippen LogP contribution in [0.3, 0.4) is 0 Å². The van der Waals surface area contributed by atoms with Crippen LogP contribution in [0, 0.1) is 6.92 Å². The molecular weight excluding hydrogens is 294 g/mol. The van der Waals surface area contributed by atoms with Gasteiger partial charge in [-0.3, -0.25) is 9.78 Å². The summed E-state index contributed by atoms with van der Waals surface area (Å²) in [6.45, 7) is 1.83. The number of pyridine rings is 1. The van der Waals surface area contributed by atoms with Crippen molar-refractivity contribution < 1.29 is 4.79 Å². The number of anilines is 2. The van der Waals surface area contributed by atoms with Gasteiger partial charge in [-0.2, -0.15) is 0 Å². The first-order valence-electron chi connectivity index (χ1n) is 5.36. The first-order valence-corrected chi connectivity index (χ1v) is 6.15. The highest BCUT2D eigenvalue weighted by Gasteiger charge is 2.11. The number of benzene rings is 1. The number of nitrogens with one attached hydrogen (secondary N) is 1. The predicted molar refractivity (Wildman–Crippen MR) is 75.5 cm³/mol. The fourth-order valence-electron chi connectivity index (χ4n) is 1.55. The average Bonchev–Trinajstić information content (AvgIpc) is 2.32. The van der Waals surface area contributed by atoms with E-state index >= 15 is 0 Å². The molecule has 3 N–H and O–H groups in total. The van der Waals surface area contributed by atoms with Crippen molar-refractivity contribution in [1.82, 2.24) is 4.98 Å². The molecule has 0 aliphatic carbocycles. The molecule has 5 heteroatoms. The van der Waals surface area contributed by atoms with E-state index in [-0.39, 0.29) is 5.91 Å². The Morgan fingerprint density at radius 2 is 2.17 bits per heavy atom. The van der Waals surface area contributed by atoms with Crippen molar-refractivity contribution in [2.75, 3.05) is 11.1 Å². The largest absolute Gasteiger partial charge is 0.398 e. The molecule has 0 radical (unpaired) electrons. The van der Waals surface area contributed by atoms with E-state index in [0.29, 0.717) is 16.9 Å². The van der Waals surface area contributed by atoms with E-state index < -0.39 is 0 Å². The zero-order valence-electron chi connectivity index (χ0n) is 9.77. The Kier molecular flexibility index (Phi) is 3.62. The number of aryl methyl sites for hydroxylation is 1. The zero-order valence-corrected chi connectivity index (χ0v) is 11.4. The molecule has 0 unspecified atom stereocenters. The minimum atomic E-state index is -0.240. The van der Waals surface area contributed by atoms with Gasteiger partial charge in [-0.15, -0.1) is 0 Å². The number of nitrogens with two attached hydrogens (primary N) is 1. The van der Waals surface area contributed by atoms with E-state index in [1.54, 1.807) is 36.5 Å². The molecule has 0 bridgehead atoms. The molecule has 0 aliphatic heterocycles. The number of carbonyl (C=O) groups excluding carboxylic acids is 1. The topological polar surface area (TPSA) is 68.0 Å². The predicted octanol–water partition coefficient (Wildman–Crippen LogP) is 2.99. The van der Waals surface area contributed by atoms with Crippen LogP contribution in [0.1, 0.15) is 16.1 Å². The van der Waals surface area contributed by atoms with Gasteiger partial charge in [-0.25, -0.2) is 0 Å². The summed E-state index contributed by atoms with van der Waals surface area (Å²) in [5.41, 5.74) is 8.14. The van der Waals surface area contributed by atoms with Gasteiger partial charge in [0.25, 0.3) is 5.91 Å². The van der Waals surface area contributed by atoms with Crippen molar-refractivity contribution in [2.24, 2.45) is 0 Å². The summed E-state index contributed by atoms with van der Waals surface area (Å²) in [6, 6.07) is 8.73. The molecule has 0 fully saturated rings. The minimum Gasteiger partial charge on any atom is -0.398 e. The molecule has 0 atom stereocenters. The summed E-state index contributed by atoms with van der Waals surface area (Å²) in [5.74, 6) is -0.240. The number of carbonyl (C=O) groups is 1. The molecule has 92 valence electrons. The summed E-state index contributed by atoms with van der Waals surface area (Å²) in [7, 11) is 0. The fraction of sp³-hybridized carbons (Fsp3) is 0.0769. The molecule has 0 aliphatic rings. The van der Waals surface area contributed by atoms with Gasteiger partial charge in [0.15, 0.2) is 0 Å². The first-order chi connectivity index (χ1) is 8.58. The zero-order chi connectivity index (χ0) is 13.1. The Balaban J connectivity index is 2.25. The van der Waals surface area contributed by atoms with E-state index in [2.05, 4.69) is 26.2 Å². The highest BCUT2D eigenvalue weighted by atomic mass is 79.9. The molecule has 1 heterocycles. The van der Waals surface area contributed by atoms with Crippen molar-refractivity contribution in [1.29, 1.82) is 0 Å². The molecule has 0 spiro atoms. The van der Waals surface area contributed by atoms with E-state index in [1.807, 2.05) is 6.92 Å². The second kappa shape index (κ2) is 5.18. The first kappa shape index (κ1) is 12.6. The monoisotopic (exact) mass is 305 g/mol. The van der Waals surface area contributed by atoms with Crippen molar-refractivity contribution in [2.45, 2.75) is 6.92 Å². The minimum absolute atomic E-state index is 0.240. The van der Waals surface area contributed by atoms with Crippen molar-refractivity contribution in [3.8, 4) is 0 Å². The van der Waals surface area contributed by atoms with Crippen LogP contribution in [0.15, 0.2) is 41.0 Å². The molecule has 18 heavy (non-hydrogen) atoms. The lowest BCUT2D eigenvalue weighted by molar-refractivity contribution is 0.102. The van der Waals surface area contributed by atoms with Crippen molar-refractivity contribution in [3.63, 3.8) is 0 Å². The highest BCUT2D eigenvalue weighted by molar-refractivity contribution is 9.10. The molecule has 0 saturated carbocycles. The second-order valence-electron chi connectivity index (χ2n) is 3.82. The number of aromatic nitrogens is 1. The van der Waals surface area contributed by atoms with E-state index in [4.69, 9.17) is 5.73 Å². The standard InChI is InChI=1S/C13H12BrN3O/c1-8-12(3-2-6-16-8)17-13(18)10-5-4-9(14)7-11(10)15/h2-7H,15H2,1H3,(H,17,18). The average molecular weight is 306 g/mol. The number of rotatable bonds is 2. The normalized spacial score (nSPS) is 10.1. The summed E-state index contributed by atoms with van der Waals surface area (Å²) in [6.07, 6.45) is 1.68. The van der Waals surface area contributed by atoms with Crippen molar-refractivity contribution >= 4 is 33.2 Å². The van der Waals surface area contributed by atoms with Gasteiger partial charge in [0.05, 0.1) is 16.9 Å². The summed E-state index contributed by atoms with van der Waals surface area (Å²) < 4.78 is 0.842. The number of hydrogen-bond acceptors (Lipinski definition) is 3. The lowest BCUT2D eigenvalue weighted by atomic mass is 10.1. The van der Waals surface area contributed by atoms with Crippen LogP contribution in [-0.2, 0) is 0 Å². The van der Waals surface area contributed by atoms with Crippen LogP contribution >= 0.6 is 15.9 Å². The number of nitrogen functional groups attached to an aromatic ring is 1. The highest BCUT2D eigenvalue weighted by Crippen LogP contribution is 2.20. The smallest absolute Gasteiger partial charge is 0.257 e. The quantitative estimate of drug-likeness (QED) is 0.838. The third-order valence-electron chi connectivity index (χ3n) is 2.51. The van der Waals surface area contributed by atoms with Gasteiger partial charge >= 0.3 is 0 Å². The van der Waals surface area contributed by atoms with Crippen LogP contribution in [0.4, 0.5) is 11.4 Å². The maximum atomic E-state index is 12.1. The lowest BCUT2D eigenvalue weighted by Crippen LogP contribution is -2.15. The third-order valence-corrected chi connectivity index (χ3v) is 3.01. The SMILES string of the molecule is Cc1ncccc1NC(=O)c1ccc(Br)cc1N. The second-order valence-corrected chi connectivity index (χ2v) is 4.74. The van der Waals surface area contributed by atoms with Gasteiger partial charge in [0, 0.05) is 16.4 Å². The number of nitrogens with zero attached hydrogens (tertiary/aromatic N) is 1. The number of amides is 1. The van der Waals surface area contributed by atoms with E-state index in [0.717, 1.165) is 10.2 Å². The summed E-state index contributed by atoms with van der Waals surface area (Å²) >= 11 is 3.30. The van der Waals surface area contributed by atoms with Gasteiger partial charge in [-0.1, -0.05) is 15.9 Å². The number of halogens is 1. The molecule has 1 aromatic carbocycles. The maximum absolute atomic E-state index is 12.1.